The molecule has 2 rings (SSSR count). The van der Waals surface area contributed by atoms with E-state index in [1.54, 1.807) is 32.5 Å². The maximum atomic E-state index is 12.0. The fraction of sp³-hybridized carbons (Fsp3) is 0.316. The molecule has 1 amide bonds. The molecule has 28 heavy (non-hydrogen) atoms. The van der Waals surface area contributed by atoms with Gasteiger partial charge in [0.15, 0.2) is 17.5 Å². The quantitative estimate of drug-likeness (QED) is 0.224. The molecule has 0 saturated carbocycles. The van der Waals surface area contributed by atoms with E-state index in [9.17, 15) is 4.79 Å². The molecule has 152 valence electrons. The van der Waals surface area contributed by atoms with E-state index in [1.165, 1.54) is 6.20 Å². The van der Waals surface area contributed by atoms with Gasteiger partial charge >= 0.3 is 0 Å². The lowest BCUT2D eigenvalue weighted by molar-refractivity contribution is 0.0954. The molecule has 0 aliphatic carbocycles. The van der Waals surface area contributed by atoms with Gasteiger partial charge in [0, 0.05) is 44.3 Å². The Morgan fingerprint density at radius 3 is 2.61 bits per heavy atom. The smallest absolute Gasteiger partial charge is 0.252 e. The lowest BCUT2D eigenvalue weighted by atomic mass is 10.2. The number of aromatic nitrogens is 1. The summed E-state index contributed by atoms with van der Waals surface area (Å²) in [6.45, 7) is 3.42. The van der Waals surface area contributed by atoms with Crippen LogP contribution in [0, 0.1) is 0 Å². The van der Waals surface area contributed by atoms with Gasteiger partial charge in [-0.15, -0.1) is 24.0 Å². The number of ether oxygens (including phenoxy) is 2. The summed E-state index contributed by atoms with van der Waals surface area (Å²) in [6, 6.07) is 8.99. The molecule has 8 nitrogen and oxygen atoms in total. The number of aliphatic imine (C=N–C) groups is 1. The van der Waals surface area contributed by atoms with Crippen LogP contribution in [-0.2, 0) is 0 Å². The van der Waals surface area contributed by atoms with Crippen molar-refractivity contribution in [3.63, 3.8) is 0 Å². The number of hydrogen-bond donors (Lipinski definition) is 3. The third-order valence-electron chi connectivity index (χ3n) is 3.58. The third-order valence-corrected chi connectivity index (χ3v) is 3.58. The van der Waals surface area contributed by atoms with Crippen LogP contribution in [-0.4, -0.2) is 50.7 Å². The Morgan fingerprint density at radius 1 is 1.18 bits per heavy atom. The van der Waals surface area contributed by atoms with Crippen LogP contribution >= 0.6 is 24.0 Å². The van der Waals surface area contributed by atoms with E-state index in [0.29, 0.717) is 42.7 Å². The Kier molecular flexibility index (Phi) is 10.7. The van der Waals surface area contributed by atoms with Crippen LogP contribution in [0.2, 0.25) is 0 Å². The minimum atomic E-state index is -0.163. The largest absolute Gasteiger partial charge is 0.493 e. The summed E-state index contributed by atoms with van der Waals surface area (Å²) in [5.41, 5.74) is 1.34. The zero-order chi connectivity index (χ0) is 19.5. The number of benzene rings is 1. The summed E-state index contributed by atoms with van der Waals surface area (Å²) >= 11 is 0. The zero-order valence-electron chi connectivity index (χ0n) is 16.2. The molecule has 9 heteroatoms. The van der Waals surface area contributed by atoms with Crippen molar-refractivity contribution in [2.45, 2.75) is 6.92 Å². The van der Waals surface area contributed by atoms with E-state index >= 15 is 0 Å². The molecule has 3 N–H and O–H groups in total. The number of anilines is 1. The van der Waals surface area contributed by atoms with Gasteiger partial charge in [0.1, 0.15) is 0 Å². The molecule has 0 spiro atoms. The Bertz CT molecular complexity index is 771. The highest BCUT2D eigenvalue weighted by atomic mass is 127. The van der Waals surface area contributed by atoms with Gasteiger partial charge in [-0.05, 0) is 31.2 Å². The molecule has 1 heterocycles. The predicted octanol–water partition coefficient (Wildman–Crippen LogP) is 2.52. The normalized spacial score (nSPS) is 10.5. The predicted molar refractivity (Wildman–Crippen MR) is 121 cm³/mol. The first kappa shape index (κ1) is 23.5. The molecular weight excluding hydrogens is 473 g/mol. The van der Waals surface area contributed by atoms with E-state index in [2.05, 4.69) is 25.9 Å². The first-order valence-electron chi connectivity index (χ1n) is 8.64. The van der Waals surface area contributed by atoms with Crippen molar-refractivity contribution in [1.29, 1.82) is 0 Å². The number of pyridine rings is 1. The summed E-state index contributed by atoms with van der Waals surface area (Å²) in [7, 11) is 3.28. The first-order chi connectivity index (χ1) is 13.2. The molecule has 0 aliphatic heterocycles. The molecule has 0 aliphatic rings. The highest BCUT2D eigenvalue weighted by Gasteiger charge is 2.07. The summed E-state index contributed by atoms with van der Waals surface area (Å²) in [5.74, 6) is 1.75. The van der Waals surface area contributed by atoms with Gasteiger partial charge in [-0.1, -0.05) is 0 Å². The molecule has 2 aromatic rings. The third kappa shape index (κ3) is 7.22. The minimum absolute atomic E-state index is 0. The van der Waals surface area contributed by atoms with Crippen molar-refractivity contribution >= 4 is 41.5 Å². The van der Waals surface area contributed by atoms with Crippen LogP contribution in [0.3, 0.4) is 0 Å². The van der Waals surface area contributed by atoms with E-state index < -0.39 is 0 Å². The van der Waals surface area contributed by atoms with Crippen LogP contribution < -0.4 is 25.4 Å². The molecule has 0 saturated heterocycles. The first-order valence-corrected chi connectivity index (χ1v) is 8.64. The van der Waals surface area contributed by atoms with E-state index in [1.807, 2.05) is 25.1 Å². The maximum Gasteiger partial charge on any atom is 0.252 e. The highest BCUT2D eigenvalue weighted by molar-refractivity contribution is 14.0. The van der Waals surface area contributed by atoms with Crippen molar-refractivity contribution in [3.05, 3.63) is 48.3 Å². The number of carbonyl (C=O) groups is 1. The topological polar surface area (TPSA) is 96.9 Å². The fourth-order valence-electron chi connectivity index (χ4n) is 2.29. The number of guanidine groups is 1. The van der Waals surface area contributed by atoms with Crippen molar-refractivity contribution in [2.24, 2.45) is 4.99 Å². The van der Waals surface area contributed by atoms with E-state index in [0.717, 1.165) is 5.69 Å². The zero-order valence-corrected chi connectivity index (χ0v) is 18.5. The molecule has 0 bridgehead atoms. The number of nitrogens with zero attached hydrogens (tertiary/aromatic N) is 2. The van der Waals surface area contributed by atoms with Gasteiger partial charge < -0.3 is 25.4 Å². The second kappa shape index (κ2) is 12.8. The SMILES string of the molecule is CCOc1cc(NC(=NC)NCCNC(=O)c2cccnc2)ccc1OC.I. The standard InChI is InChI=1S/C19H25N5O3.HI/c1-4-27-17-12-15(7-8-16(17)26-3)24-19(20-2)23-11-10-22-18(25)14-6-5-9-21-13-14;/h5-9,12-13H,4,10-11H2,1-3H3,(H,22,25)(H2,20,23,24);1H. The Morgan fingerprint density at radius 2 is 1.96 bits per heavy atom. The second-order valence-corrected chi connectivity index (χ2v) is 5.42. The average Bonchev–Trinajstić information content (AvgIpc) is 2.71. The Hall–Kier alpha value is -2.56. The summed E-state index contributed by atoms with van der Waals surface area (Å²) in [4.78, 5) is 20.1. The van der Waals surface area contributed by atoms with Crippen molar-refractivity contribution in [3.8, 4) is 11.5 Å². The number of carbonyl (C=O) groups excluding carboxylic acids is 1. The van der Waals surface area contributed by atoms with Crippen LogP contribution in [0.15, 0.2) is 47.7 Å². The monoisotopic (exact) mass is 499 g/mol. The number of methoxy groups -OCH3 is 1. The number of amides is 1. The summed E-state index contributed by atoms with van der Waals surface area (Å²) < 4.78 is 10.9. The molecule has 0 fully saturated rings. The van der Waals surface area contributed by atoms with Gasteiger partial charge in [0.2, 0.25) is 0 Å². The number of hydrogen-bond acceptors (Lipinski definition) is 5. The summed E-state index contributed by atoms with van der Waals surface area (Å²) in [5, 5.41) is 9.14. The van der Waals surface area contributed by atoms with Gasteiger partial charge in [-0.3, -0.25) is 14.8 Å². The molecular formula is C19H26IN5O3. The maximum absolute atomic E-state index is 12.0. The van der Waals surface area contributed by atoms with Gasteiger partial charge in [0.25, 0.3) is 5.91 Å². The van der Waals surface area contributed by atoms with Crippen molar-refractivity contribution < 1.29 is 14.3 Å². The van der Waals surface area contributed by atoms with Crippen molar-refractivity contribution in [1.82, 2.24) is 15.6 Å². The second-order valence-electron chi connectivity index (χ2n) is 5.42. The number of nitrogens with one attached hydrogen (secondary N) is 3. The van der Waals surface area contributed by atoms with Gasteiger partial charge in [-0.25, -0.2) is 0 Å². The molecule has 0 radical (unpaired) electrons. The molecule has 0 atom stereocenters. The van der Waals surface area contributed by atoms with Gasteiger partial charge in [0.05, 0.1) is 19.3 Å². The fourth-order valence-corrected chi connectivity index (χ4v) is 2.29. The van der Waals surface area contributed by atoms with Crippen LogP contribution in [0.25, 0.3) is 0 Å². The minimum Gasteiger partial charge on any atom is -0.493 e. The Balaban J connectivity index is 0.00000392. The Labute approximate surface area is 182 Å². The van der Waals surface area contributed by atoms with Gasteiger partial charge in [-0.2, -0.15) is 0 Å². The highest BCUT2D eigenvalue weighted by Crippen LogP contribution is 2.30. The number of rotatable bonds is 8. The van der Waals surface area contributed by atoms with Crippen LogP contribution in [0.4, 0.5) is 5.69 Å². The lowest BCUT2D eigenvalue weighted by Gasteiger charge is -2.15. The summed E-state index contributed by atoms with van der Waals surface area (Å²) in [6.07, 6.45) is 3.16. The molecule has 1 aromatic carbocycles. The van der Waals surface area contributed by atoms with E-state index in [4.69, 9.17) is 9.47 Å². The molecule has 0 unspecified atom stereocenters. The van der Waals surface area contributed by atoms with Crippen LogP contribution in [0.1, 0.15) is 17.3 Å². The van der Waals surface area contributed by atoms with Crippen molar-refractivity contribution in [2.75, 3.05) is 39.2 Å². The average molecular weight is 499 g/mol. The van der Waals surface area contributed by atoms with Crippen LogP contribution in [0.5, 0.6) is 11.5 Å². The van der Waals surface area contributed by atoms with E-state index in [-0.39, 0.29) is 29.9 Å². The lowest BCUT2D eigenvalue weighted by Crippen LogP contribution is -2.37. The number of halogens is 1. The molecule has 1 aromatic heterocycles.